The molecule has 0 radical (unpaired) electrons. The van der Waals surface area contributed by atoms with Crippen molar-refractivity contribution in [3.63, 3.8) is 0 Å². The van der Waals surface area contributed by atoms with Gasteiger partial charge < -0.3 is 24.7 Å². The quantitative estimate of drug-likeness (QED) is 0.813. The molecule has 1 saturated heterocycles. The molecule has 1 aromatic carbocycles. The molecule has 0 atom stereocenters. The fraction of sp³-hybridized carbons (Fsp3) is 0.538. The Hall–Kier alpha value is -1.30. The van der Waals surface area contributed by atoms with Crippen LogP contribution in [0.25, 0.3) is 0 Å². The molecule has 0 bridgehead atoms. The molecule has 2 aliphatic heterocycles. The van der Waals surface area contributed by atoms with Gasteiger partial charge in [0.25, 0.3) is 0 Å². The smallest absolute Gasteiger partial charge is 0.184 e. The average Bonchev–Trinajstić information content (AvgIpc) is 2.64. The number of ether oxygens (including phenoxy) is 4. The Kier molecular flexibility index (Phi) is 3.36. The van der Waals surface area contributed by atoms with E-state index in [-0.39, 0.29) is 12.3 Å². The van der Waals surface area contributed by atoms with E-state index in [1.807, 2.05) is 18.2 Å². The fourth-order valence-electron chi connectivity index (χ4n) is 2.04. The first-order valence-electron chi connectivity index (χ1n) is 6.21. The topological polar surface area (TPSA) is 62.9 Å². The van der Waals surface area contributed by atoms with Gasteiger partial charge in [-0.1, -0.05) is 6.07 Å². The zero-order valence-corrected chi connectivity index (χ0v) is 10.1. The minimum Gasteiger partial charge on any atom is -0.490 e. The second kappa shape index (κ2) is 5.14. The maximum Gasteiger partial charge on any atom is 0.184 e. The van der Waals surface area contributed by atoms with Crippen LogP contribution in [-0.2, 0) is 9.47 Å². The van der Waals surface area contributed by atoms with E-state index in [0.29, 0.717) is 26.4 Å². The fourth-order valence-corrected chi connectivity index (χ4v) is 2.04. The lowest BCUT2D eigenvalue weighted by molar-refractivity contribution is -0.190. The summed E-state index contributed by atoms with van der Waals surface area (Å²) in [5.41, 5.74) is 6.65. The Bertz CT molecular complexity index is 415. The van der Waals surface area contributed by atoms with Gasteiger partial charge in [-0.3, -0.25) is 0 Å². The highest BCUT2D eigenvalue weighted by atomic mass is 16.7. The van der Waals surface area contributed by atoms with Crippen molar-refractivity contribution in [3.05, 3.63) is 23.8 Å². The number of hydrogen-bond acceptors (Lipinski definition) is 5. The minimum absolute atomic E-state index is 0.0401. The van der Waals surface area contributed by atoms with Gasteiger partial charge in [-0.25, -0.2) is 0 Å². The first kappa shape index (κ1) is 11.8. The van der Waals surface area contributed by atoms with Crippen LogP contribution < -0.4 is 15.2 Å². The van der Waals surface area contributed by atoms with Crippen LogP contribution in [0.4, 0.5) is 0 Å². The third kappa shape index (κ3) is 2.43. The molecule has 98 valence electrons. The summed E-state index contributed by atoms with van der Waals surface area (Å²) < 4.78 is 22.3. The van der Waals surface area contributed by atoms with Gasteiger partial charge in [0.05, 0.1) is 32.5 Å². The van der Waals surface area contributed by atoms with Gasteiger partial charge in [-0.15, -0.1) is 0 Å². The number of benzene rings is 1. The summed E-state index contributed by atoms with van der Waals surface area (Å²) in [7, 11) is 0. The van der Waals surface area contributed by atoms with Crippen LogP contribution in [0, 0.1) is 0 Å². The summed E-state index contributed by atoms with van der Waals surface area (Å²) in [6, 6.07) is 5.72. The molecule has 5 heteroatoms. The standard InChI is InChI=1S/C13H17NO4/c14-10-7-17-13(18-8-10)9-2-3-11-12(6-9)16-5-1-4-15-11/h2-3,6,10,13H,1,4-5,7-8,14H2. The molecule has 2 aliphatic rings. The van der Waals surface area contributed by atoms with E-state index in [4.69, 9.17) is 24.7 Å². The molecule has 2 heterocycles. The normalized spacial score (nSPS) is 27.6. The van der Waals surface area contributed by atoms with Gasteiger partial charge in [0.15, 0.2) is 17.8 Å². The predicted molar refractivity (Wildman–Crippen MR) is 64.7 cm³/mol. The molecule has 0 aliphatic carbocycles. The SMILES string of the molecule is NC1COC(c2ccc3c(c2)OCCCO3)OC1. The van der Waals surface area contributed by atoms with Crippen LogP contribution in [0.1, 0.15) is 18.3 Å². The van der Waals surface area contributed by atoms with Crippen molar-refractivity contribution in [1.82, 2.24) is 0 Å². The van der Waals surface area contributed by atoms with Crippen molar-refractivity contribution in [3.8, 4) is 11.5 Å². The molecule has 0 aromatic heterocycles. The molecule has 1 aromatic rings. The summed E-state index contributed by atoms with van der Waals surface area (Å²) in [6.45, 7) is 2.39. The van der Waals surface area contributed by atoms with Gasteiger partial charge in [-0.2, -0.15) is 0 Å². The third-order valence-corrected chi connectivity index (χ3v) is 2.97. The molecule has 3 rings (SSSR count). The molecule has 1 fully saturated rings. The van der Waals surface area contributed by atoms with Crippen molar-refractivity contribution < 1.29 is 18.9 Å². The predicted octanol–water partition coefficient (Wildman–Crippen LogP) is 1.22. The Labute approximate surface area is 106 Å². The number of hydrogen-bond donors (Lipinski definition) is 1. The molecular weight excluding hydrogens is 234 g/mol. The molecule has 0 amide bonds. The highest BCUT2D eigenvalue weighted by Gasteiger charge is 2.22. The van der Waals surface area contributed by atoms with Crippen molar-refractivity contribution >= 4 is 0 Å². The maximum atomic E-state index is 5.71. The first-order chi connectivity index (χ1) is 8.83. The van der Waals surface area contributed by atoms with Crippen molar-refractivity contribution in [1.29, 1.82) is 0 Å². The average molecular weight is 251 g/mol. The summed E-state index contributed by atoms with van der Waals surface area (Å²) >= 11 is 0. The number of nitrogens with two attached hydrogens (primary N) is 1. The van der Waals surface area contributed by atoms with Crippen LogP contribution >= 0.6 is 0 Å². The van der Waals surface area contributed by atoms with Gasteiger partial charge in [0, 0.05) is 12.0 Å². The summed E-state index contributed by atoms with van der Waals surface area (Å²) in [5, 5.41) is 0. The maximum absolute atomic E-state index is 5.71. The van der Waals surface area contributed by atoms with E-state index in [9.17, 15) is 0 Å². The van der Waals surface area contributed by atoms with Crippen LogP contribution in [0.5, 0.6) is 11.5 Å². The van der Waals surface area contributed by atoms with Gasteiger partial charge in [-0.05, 0) is 12.1 Å². The zero-order chi connectivity index (χ0) is 12.4. The molecule has 2 N–H and O–H groups in total. The molecule has 5 nitrogen and oxygen atoms in total. The van der Waals surface area contributed by atoms with Crippen molar-refractivity contribution in [2.75, 3.05) is 26.4 Å². The largest absolute Gasteiger partial charge is 0.490 e. The third-order valence-electron chi connectivity index (χ3n) is 2.97. The number of fused-ring (bicyclic) bond motifs is 1. The Morgan fingerprint density at radius 2 is 1.72 bits per heavy atom. The van der Waals surface area contributed by atoms with E-state index in [2.05, 4.69) is 0 Å². The Morgan fingerprint density at radius 1 is 1.00 bits per heavy atom. The van der Waals surface area contributed by atoms with Gasteiger partial charge in [0.1, 0.15) is 0 Å². The van der Waals surface area contributed by atoms with E-state index >= 15 is 0 Å². The Morgan fingerprint density at radius 3 is 2.50 bits per heavy atom. The summed E-state index contributed by atoms with van der Waals surface area (Å²) in [5.74, 6) is 1.54. The molecular formula is C13H17NO4. The lowest BCUT2D eigenvalue weighted by atomic mass is 10.2. The van der Waals surface area contributed by atoms with Gasteiger partial charge >= 0.3 is 0 Å². The lowest BCUT2D eigenvalue weighted by Gasteiger charge is -2.27. The van der Waals surface area contributed by atoms with Crippen LogP contribution in [0.2, 0.25) is 0 Å². The van der Waals surface area contributed by atoms with Gasteiger partial charge in [0.2, 0.25) is 0 Å². The molecule has 18 heavy (non-hydrogen) atoms. The monoisotopic (exact) mass is 251 g/mol. The first-order valence-corrected chi connectivity index (χ1v) is 6.21. The summed E-state index contributed by atoms with van der Waals surface area (Å²) in [6.07, 6.45) is 0.539. The zero-order valence-electron chi connectivity index (χ0n) is 10.1. The molecule has 0 spiro atoms. The Balaban J connectivity index is 1.79. The van der Waals surface area contributed by atoms with Crippen LogP contribution in [-0.4, -0.2) is 32.5 Å². The molecule has 0 saturated carbocycles. The van der Waals surface area contributed by atoms with Crippen LogP contribution in [0.3, 0.4) is 0 Å². The minimum atomic E-state index is -0.359. The second-order valence-electron chi connectivity index (χ2n) is 4.52. The van der Waals surface area contributed by atoms with E-state index < -0.39 is 0 Å². The van der Waals surface area contributed by atoms with E-state index in [1.54, 1.807) is 0 Å². The molecule has 0 unspecified atom stereocenters. The highest BCUT2D eigenvalue weighted by Crippen LogP contribution is 2.34. The van der Waals surface area contributed by atoms with E-state index in [0.717, 1.165) is 23.5 Å². The lowest BCUT2D eigenvalue weighted by Crippen LogP contribution is -2.37. The van der Waals surface area contributed by atoms with Crippen LogP contribution in [0.15, 0.2) is 18.2 Å². The van der Waals surface area contributed by atoms with Crippen molar-refractivity contribution in [2.45, 2.75) is 18.8 Å². The summed E-state index contributed by atoms with van der Waals surface area (Å²) in [4.78, 5) is 0. The number of rotatable bonds is 1. The second-order valence-corrected chi connectivity index (χ2v) is 4.52. The van der Waals surface area contributed by atoms with E-state index in [1.165, 1.54) is 0 Å². The van der Waals surface area contributed by atoms with Crippen molar-refractivity contribution in [2.24, 2.45) is 5.73 Å². The highest BCUT2D eigenvalue weighted by molar-refractivity contribution is 5.43.